The molecule has 2 unspecified atom stereocenters. The van der Waals surface area contributed by atoms with Crippen LogP contribution >= 0.6 is 11.3 Å². The zero-order chi connectivity index (χ0) is 35.3. The number of fused-ring (bicyclic) bond motifs is 12. The second kappa shape index (κ2) is 11.5. The highest BCUT2D eigenvalue weighted by Crippen LogP contribution is 2.52. The lowest BCUT2D eigenvalue weighted by Gasteiger charge is -2.28. The van der Waals surface area contributed by atoms with Gasteiger partial charge >= 0.3 is 0 Å². The number of benzene rings is 8. The van der Waals surface area contributed by atoms with E-state index >= 15 is 0 Å². The van der Waals surface area contributed by atoms with Crippen LogP contribution in [0.5, 0.6) is 0 Å². The van der Waals surface area contributed by atoms with Gasteiger partial charge in [0.1, 0.15) is 11.3 Å². The quantitative estimate of drug-likeness (QED) is 0.167. The minimum absolute atomic E-state index is 0.213. The molecule has 0 bridgehead atoms. The van der Waals surface area contributed by atoms with Gasteiger partial charge in [0, 0.05) is 32.4 Å². The first-order chi connectivity index (χ1) is 26.8. The Hall–Kier alpha value is -6.48. The van der Waals surface area contributed by atoms with E-state index in [0.717, 1.165) is 11.3 Å². The molecule has 2 atom stereocenters. The lowest BCUT2D eigenvalue weighted by Crippen LogP contribution is -2.13. The van der Waals surface area contributed by atoms with Crippen LogP contribution in [0.4, 0.5) is 0 Å². The number of hydrogen-bond donors (Lipinski definition) is 0. The summed E-state index contributed by atoms with van der Waals surface area (Å²) < 4.78 is 7.80. The van der Waals surface area contributed by atoms with E-state index in [-0.39, 0.29) is 11.8 Å². The summed E-state index contributed by atoms with van der Waals surface area (Å²) in [5, 5.41) is 10.2. The van der Waals surface area contributed by atoms with E-state index in [4.69, 9.17) is 4.42 Å². The Labute approximate surface area is 316 Å². The SMILES string of the molecule is C1=CC2c3oc4ccccc4c3C=CC2c2c1sc1cc(-c3ccc4cc(-c5c6ccccc6c(-c6ccccc6)c6ccccc56)ccc4c3)ccc21. The molecule has 0 aliphatic heterocycles. The molecule has 1 nitrogen and oxygen atoms in total. The van der Waals surface area contributed by atoms with Gasteiger partial charge in [-0.25, -0.2) is 0 Å². The molecule has 2 heterocycles. The lowest BCUT2D eigenvalue weighted by molar-refractivity contribution is 0.503. The van der Waals surface area contributed by atoms with Gasteiger partial charge in [-0.15, -0.1) is 11.3 Å². The normalized spacial score (nSPS) is 16.0. The summed E-state index contributed by atoms with van der Waals surface area (Å²) >= 11 is 1.90. The Morgan fingerprint density at radius 2 is 1.00 bits per heavy atom. The summed E-state index contributed by atoms with van der Waals surface area (Å²) in [4.78, 5) is 1.36. The Bertz CT molecular complexity index is 3170. The second-order valence-electron chi connectivity index (χ2n) is 14.7. The lowest BCUT2D eigenvalue weighted by atomic mass is 9.75. The molecule has 2 aromatic heterocycles. The van der Waals surface area contributed by atoms with Crippen molar-refractivity contribution in [1.29, 1.82) is 0 Å². The van der Waals surface area contributed by atoms with Gasteiger partial charge in [-0.2, -0.15) is 0 Å². The Morgan fingerprint density at radius 3 is 1.74 bits per heavy atom. The van der Waals surface area contributed by atoms with Crippen LogP contribution in [-0.2, 0) is 0 Å². The van der Waals surface area contributed by atoms with Crippen LogP contribution in [-0.4, -0.2) is 0 Å². The minimum atomic E-state index is 0.213. The maximum absolute atomic E-state index is 6.47. The molecule has 0 amide bonds. The van der Waals surface area contributed by atoms with E-state index in [0.29, 0.717) is 0 Å². The third-order valence-electron chi connectivity index (χ3n) is 11.8. The highest BCUT2D eigenvalue weighted by molar-refractivity contribution is 7.20. The Kier molecular flexibility index (Phi) is 6.40. The highest BCUT2D eigenvalue weighted by Gasteiger charge is 2.35. The van der Waals surface area contributed by atoms with Crippen molar-refractivity contribution in [3.8, 4) is 33.4 Å². The molecule has 2 aliphatic rings. The van der Waals surface area contributed by atoms with Gasteiger partial charge in [0.05, 0.1) is 0 Å². The van der Waals surface area contributed by atoms with Gasteiger partial charge in [0.25, 0.3) is 0 Å². The molecule has 2 heteroatoms. The van der Waals surface area contributed by atoms with Gasteiger partial charge in [-0.05, 0) is 107 Å². The molecule has 2 aliphatic carbocycles. The number of thiophene rings is 1. The molecule has 0 saturated heterocycles. The largest absolute Gasteiger partial charge is 0.460 e. The Balaban J connectivity index is 0.929. The van der Waals surface area contributed by atoms with Gasteiger partial charge in [-0.3, -0.25) is 0 Å². The van der Waals surface area contributed by atoms with Crippen molar-refractivity contribution >= 4 is 76.9 Å². The number of allylic oxidation sites excluding steroid dienone is 2. The summed E-state index contributed by atoms with van der Waals surface area (Å²) in [6.45, 7) is 0. The van der Waals surface area contributed by atoms with E-state index in [1.807, 2.05) is 11.3 Å². The average molecular weight is 705 g/mol. The van der Waals surface area contributed by atoms with Gasteiger partial charge < -0.3 is 4.42 Å². The first-order valence-corrected chi connectivity index (χ1v) is 19.6. The van der Waals surface area contributed by atoms with E-state index in [1.54, 1.807) is 0 Å². The zero-order valence-electron chi connectivity index (χ0n) is 29.3. The fourth-order valence-corrected chi connectivity index (χ4v) is 10.6. The molecule has 8 aromatic carbocycles. The minimum Gasteiger partial charge on any atom is -0.460 e. The number of furan rings is 1. The zero-order valence-corrected chi connectivity index (χ0v) is 30.1. The Morgan fingerprint density at radius 1 is 0.426 bits per heavy atom. The average Bonchev–Trinajstić information content (AvgIpc) is 3.81. The second-order valence-corrected chi connectivity index (χ2v) is 15.8. The summed E-state index contributed by atoms with van der Waals surface area (Å²) in [5.41, 5.74) is 11.2. The fraction of sp³-hybridized carbons (Fsp3) is 0.0385. The van der Waals surface area contributed by atoms with Gasteiger partial charge in [0.2, 0.25) is 0 Å². The summed E-state index contributed by atoms with van der Waals surface area (Å²) in [7, 11) is 0. The van der Waals surface area contributed by atoms with Gasteiger partial charge in [0.15, 0.2) is 0 Å². The first-order valence-electron chi connectivity index (χ1n) is 18.7. The predicted molar refractivity (Wildman–Crippen MR) is 230 cm³/mol. The molecular weight excluding hydrogens is 673 g/mol. The van der Waals surface area contributed by atoms with Crippen molar-refractivity contribution in [1.82, 2.24) is 0 Å². The van der Waals surface area contributed by atoms with E-state index < -0.39 is 0 Å². The standard InChI is InChI=1S/C52H32OS/c1-2-10-31(11-3-1)49-38-13-4-6-15-40(38)50(41-16-7-5-14-39(41)49)36-21-20-32-28-33(18-19-34(32)29-36)35-22-23-45-48(30-35)54-47-27-26-44-42(51(45)47)24-25-43-37-12-8-9-17-46(37)53-52(43)44/h1-30,42,44H. The topological polar surface area (TPSA) is 13.1 Å². The van der Waals surface area contributed by atoms with Crippen LogP contribution in [0.25, 0.3) is 98.9 Å². The summed E-state index contributed by atoms with van der Waals surface area (Å²) in [5.74, 6) is 1.58. The van der Waals surface area contributed by atoms with Crippen molar-refractivity contribution in [2.75, 3.05) is 0 Å². The molecule has 10 aromatic rings. The van der Waals surface area contributed by atoms with Crippen LogP contribution in [0.15, 0.2) is 174 Å². The monoisotopic (exact) mass is 704 g/mol. The van der Waals surface area contributed by atoms with Crippen LogP contribution in [0.1, 0.15) is 33.6 Å². The maximum Gasteiger partial charge on any atom is 0.134 e. The summed E-state index contributed by atoms with van der Waals surface area (Å²) in [6.07, 6.45) is 9.37. The maximum atomic E-state index is 6.47. The summed E-state index contributed by atoms with van der Waals surface area (Å²) in [6, 6.07) is 58.0. The van der Waals surface area contributed by atoms with E-state index in [1.165, 1.54) is 97.2 Å². The van der Waals surface area contributed by atoms with Crippen molar-refractivity contribution in [2.24, 2.45) is 0 Å². The van der Waals surface area contributed by atoms with Crippen LogP contribution in [0, 0.1) is 0 Å². The van der Waals surface area contributed by atoms with Gasteiger partial charge in [-0.1, -0.05) is 152 Å². The predicted octanol–water partition coefficient (Wildman–Crippen LogP) is 15.0. The van der Waals surface area contributed by atoms with Crippen LogP contribution in [0.2, 0.25) is 0 Å². The third-order valence-corrected chi connectivity index (χ3v) is 13.0. The van der Waals surface area contributed by atoms with Crippen molar-refractivity contribution in [3.05, 3.63) is 192 Å². The van der Waals surface area contributed by atoms with Crippen molar-refractivity contribution in [3.63, 3.8) is 0 Å². The molecule has 0 N–H and O–H groups in total. The first kappa shape index (κ1) is 30.0. The van der Waals surface area contributed by atoms with Crippen LogP contribution < -0.4 is 0 Å². The third kappa shape index (κ3) is 4.38. The smallest absolute Gasteiger partial charge is 0.134 e. The number of hydrogen-bond acceptors (Lipinski definition) is 2. The molecule has 54 heavy (non-hydrogen) atoms. The molecule has 0 fully saturated rings. The number of rotatable bonds is 3. The molecule has 12 rings (SSSR count). The van der Waals surface area contributed by atoms with Crippen molar-refractivity contribution < 1.29 is 4.42 Å². The van der Waals surface area contributed by atoms with Crippen molar-refractivity contribution in [2.45, 2.75) is 11.8 Å². The number of para-hydroxylation sites is 1. The molecular formula is C52H32OS. The van der Waals surface area contributed by atoms with E-state index in [2.05, 4.69) is 182 Å². The van der Waals surface area contributed by atoms with Crippen LogP contribution in [0.3, 0.4) is 0 Å². The highest BCUT2D eigenvalue weighted by atomic mass is 32.1. The molecule has 0 radical (unpaired) electrons. The fourth-order valence-electron chi connectivity index (χ4n) is 9.38. The molecule has 0 spiro atoms. The molecule has 252 valence electrons. The van der Waals surface area contributed by atoms with E-state index in [9.17, 15) is 0 Å². The molecule has 0 saturated carbocycles.